The molecule has 2 rings (SSSR count). The first kappa shape index (κ1) is 16.6. The Labute approximate surface area is 130 Å². The first-order chi connectivity index (χ1) is 10.3. The van der Waals surface area contributed by atoms with E-state index in [0.717, 1.165) is 10.5 Å². The van der Waals surface area contributed by atoms with Crippen molar-refractivity contribution in [3.63, 3.8) is 0 Å². The van der Waals surface area contributed by atoms with E-state index in [1.165, 1.54) is 4.31 Å². The highest BCUT2D eigenvalue weighted by Gasteiger charge is 2.36. The molecule has 0 saturated carbocycles. The van der Waals surface area contributed by atoms with Crippen LogP contribution in [-0.2, 0) is 10.0 Å². The molecule has 0 radical (unpaired) electrons. The first-order valence-electron chi connectivity index (χ1n) is 7.26. The molecule has 1 aromatic carbocycles. The molecule has 0 atom stereocenters. The molecule has 1 heterocycles. The summed E-state index contributed by atoms with van der Waals surface area (Å²) in [5.41, 5.74) is 1.58. The minimum absolute atomic E-state index is 0.121. The first-order valence-corrected chi connectivity index (χ1v) is 8.87. The van der Waals surface area contributed by atoms with Crippen LogP contribution in [0.3, 0.4) is 0 Å². The van der Waals surface area contributed by atoms with Crippen LogP contribution in [0.15, 0.2) is 18.2 Å². The van der Waals surface area contributed by atoms with Gasteiger partial charge in [-0.25, -0.2) is 12.7 Å². The maximum absolute atomic E-state index is 12.3. The number of hydrogen-bond acceptors (Lipinski definition) is 4. The predicted molar refractivity (Wildman–Crippen MR) is 83.3 cm³/mol. The van der Waals surface area contributed by atoms with Crippen LogP contribution >= 0.6 is 0 Å². The quantitative estimate of drug-likeness (QED) is 0.738. The number of sulfonamides is 1. The molecule has 0 fully saturated rings. The van der Waals surface area contributed by atoms with Gasteiger partial charge in [-0.15, -0.1) is 0 Å². The lowest BCUT2D eigenvalue weighted by atomic mass is 10.1. The summed E-state index contributed by atoms with van der Waals surface area (Å²) in [7, 11) is -3.47. The van der Waals surface area contributed by atoms with Gasteiger partial charge in [0.2, 0.25) is 10.0 Å². The fraction of sp³-hybridized carbons (Fsp3) is 0.467. The molecular formula is C15H20N2O4S. The Balaban J connectivity index is 2.16. The second kappa shape index (κ2) is 6.18. The van der Waals surface area contributed by atoms with E-state index in [4.69, 9.17) is 0 Å². The van der Waals surface area contributed by atoms with Gasteiger partial charge >= 0.3 is 0 Å². The third kappa shape index (κ3) is 2.91. The minimum atomic E-state index is -3.47. The van der Waals surface area contributed by atoms with Gasteiger partial charge in [-0.2, -0.15) is 0 Å². The van der Waals surface area contributed by atoms with E-state index in [9.17, 15) is 18.0 Å². The molecule has 0 spiro atoms. The van der Waals surface area contributed by atoms with Gasteiger partial charge in [-0.05, 0) is 19.1 Å². The van der Waals surface area contributed by atoms with Crippen LogP contribution in [0.5, 0.6) is 0 Å². The van der Waals surface area contributed by atoms with Gasteiger partial charge in [0.05, 0.1) is 16.9 Å². The number of nitrogens with zero attached hydrogens (tertiary/aromatic N) is 2. The van der Waals surface area contributed by atoms with Crippen molar-refractivity contribution in [2.45, 2.75) is 20.8 Å². The summed E-state index contributed by atoms with van der Waals surface area (Å²) in [6, 6.07) is 5.04. The molecule has 0 aliphatic carbocycles. The van der Waals surface area contributed by atoms with E-state index in [0.29, 0.717) is 24.2 Å². The lowest BCUT2D eigenvalue weighted by Crippen LogP contribution is -2.39. The normalized spacial score (nSPS) is 14.8. The van der Waals surface area contributed by atoms with E-state index >= 15 is 0 Å². The zero-order valence-corrected chi connectivity index (χ0v) is 13.8. The largest absolute Gasteiger partial charge is 0.273 e. The van der Waals surface area contributed by atoms with Gasteiger partial charge in [0.25, 0.3) is 11.8 Å². The highest BCUT2D eigenvalue weighted by molar-refractivity contribution is 7.89. The van der Waals surface area contributed by atoms with Crippen LogP contribution in [-0.4, -0.2) is 54.8 Å². The Morgan fingerprint density at radius 3 is 2.23 bits per heavy atom. The Morgan fingerprint density at radius 2 is 1.64 bits per heavy atom. The summed E-state index contributed by atoms with van der Waals surface area (Å²) in [6.07, 6.45) is 0. The SMILES string of the molecule is CCN(CC)S(=O)(=O)CCN1C(=O)c2ccc(C)cc2C1=O. The standard InChI is InChI=1S/C15H20N2O4S/c1-4-16(5-2)22(20,21)9-8-17-14(18)12-7-6-11(3)10-13(12)15(17)19/h6-7,10H,4-5,8-9H2,1-3H3. The molecule has 1 aliphatic heterocycles. The maximum atomic E-state index is 12.3. The number of carbonyl (C=O) groups is 2. The maximum Gasteiger partial charge on any atom is 0.261 e. The third-order valence-electron chi connectivity index (χ3n) is 3.80. The van der Waals surface area contributed by atoms with Crippen LogP contribution < -0.4 is 0 Å². The topological polar surface area (TPSA) is 74.8 Å². The summed E-state index contributed by atoms with van der Waals surface area (Å²) >= 11 is 0. The number of amides is 2. The molecule has 0 N–H and O–H groups in total. The zero-order valence-electron chi connectivity index (χ0n) is 13.0. The Hall–Kier alpha value is -1.73. The number of aryl methyl sites for hydroxylation is 1. The van der Waals surface area contributed by atoms with Crippen molar-refractivity contribution in [3.05, 3.63) is 34.9 Å². The van der Waals surface area contributed by atoms with E-state index in [1.807, 2.05) is 6.92 Å². The molecule has 7 heteroatoms. The van der Waals surface area contributed by atoms with Crippen molar-refractivity contribution in [1.82, 2.24) is 9.21 Å². The molecule has 2 amide bonds. The fourth-order valence-electron chi connectivity index (χ4n) is 2.56. The van der Waals surface area contributed by atoms with E-state index < -0.39 is 21.8 Å². The van der Waals surface area contributed by atoms with Gasteiger partial charge in [0.1, 0.15) is 0 Å². The number of carbonyl (C=O) groups excluding carboxylic acids is 2. The summed E-state index contributed by atoms with van der Waals surface area (Å²) in [4.78, 5) is 25.5. The molecule has 0 bridgehead atoms. The van der Waals surface area contributed by atoms with Gasteiger partial charge in [-0.3, -0.25) is 14.5 Å². The molecule has 22 heavy (non-hydrogen) atoms. The van der Waals surface area contributed by atoms with E-state index in [2.05, 4.69) is 0 Å². The van der Waals surface area contributed by atoms with Crippen LogP contribution in [0.1, 0.15) is 40.1 Å². The van der Waals surface area contributed by atoms with E-state index in [1.54, 1.807) is 32.0 Å². The van der Waals surface area contributed by atoms with Gasteiger partial charge in [0, 0.05) is 19.6 Å². The summed E-state index contributed by atoms with van der Waals surface area (Å²) < 4.78 is 25.7. The smallest absolute Gasteiger partial charge is 0.261 e. The van der Waals surface area contributed by atoms with Crippen molar-refractivity contribution in [2.24, 2.45) is 0 Å². The van der Waals surface area contributed by atoms with Crippen LogP contribution in [0, 0.1) is 6.92 Å². The molecule has 120 valence electrons. The molecule has 1 aliphatic rings. The molecule has 0 saturated heterocycles. The Kier molecular flexibility index (Phi) is 4.67. The van der Waals surface area contributed by atoms with Crippen molar-refractivity contribution >= 4 is 21.8 Å². The second-order valence-electron chi connectivity index (χ2n) is 5.21. The van der Waals surface area contributed by atoms with Crippen LogP contribution in [0.25, 0.3) is 0 Å². The lowest BCUT2D eigenvalue weighted by Gasteiger charge is -2.20. The van der Waals surface area contributed by atoms with Crippen molar-refractivity contribution in [1.29, 1.82) is 0 Å². The van der Waals surface area contributed by atoms with Gasteiger partial charge in [-0.1, -0.05) is 25.5 Å². The molecule has 0 unspecified atom stereocenters. The average molecular weight is 324 g/mol. The number of rotatable bonds is 6. The number of imide groups is 1. The predicted octanol–water partition coefficient (Wildman–Crippen LogP) is 1.26. The van der Waals surface area contributed by atoms with E-state index in [-0.39, 0.29) is 12.3 Å². The van der Waals surface area contributed by atoms with Crippen molar-refractivity contribution in [3.8, 4) is 0 Å². The Morgan fingerprint density at radius 1 is 1.05 bits per heavy atom. The number of benzene rings is 1. The minimum Gasteiger partial charge on any atom is -0.273 e. The van der Waals surface area contributed by atoms with Crippen LogP contribution in [0.2, 0.25) is 0 Å². The zero-order chi connectivity index (χ0) is 16.5. The molecular weight excluding hydrogens is 304 g/mol. The van der Waals surface area contributed by atoms with Crippen molar-refractivity contribution < 1.29 is 18.0 Å². The van der Waals surface area contributed by atoms with Crippen LogP contribution in [0.4, 0.5) is 0 Å². The Bertz CT molecular complexity index is 708. The lowest BCUT2D eigenvalue weighted by molar-refractivity contribution is 0.0664. The summed E-state index contributed by atoms with van der Waals surface area (Å²) in [6.45, 7) is 5.98. The van der Waals surface area contributed by atoms with Gasteiger partial charge in [0.15, 0.2) is 0 Å². The molecule has 1 aromatic rings. The number of hydrogen-bond donors (Lipinski definition) is 0. The average Bonchev–Trinajstić information content (AvgIpc) is 2.69. The third-order valence-corrected chi connectivity index (χ3v) is 5.80. The van der Waals surface area contributed by atoms with Crippen molar-refractivity contribution in [2.75, 3.05) is 25.4 Å². The van der Waals surface area contributed by atoms with Gasteiger partial charge < -0.3 is 0 Å². The number of fused-ring (bicyclic) bond motifs is 1. The second-order valence-corrected chi connectivity index (χ2v) is 7.30. The summed E-state index contributed by atoms with van der Waals surface area (Å²) in [5, 5.41) is 0. The highest BCUT2D eigenvalue weighted by atomic mass is 32.2. The monoisotopic (exact) mass is 324 g/mol. The fourth-order valence-corrected chi connectivity index (χ4v) is 4.02. The summed E-state index contributed by atoms with van der Waals surface area (Å²) in [5.74, 6) is -1.09. The highest BCUT2D eigenvalue weighted by Crippen LogP contribution is 2.23. The molecule has 0 aromatic heterocycles. The molecule has 6 nitrogen and oxygen atoms in total.